The number of hydrogen-bond donors (Lipinski definition) is 0. The van der Waals surface area contributed by atoms with Crippen molar-refractivity contribution < 1.29 is 8.78 Å². The molecule has 0 aromatic rings. The highest BCUT2D eigenvalue weighted by molar-refractivity contribution is 5.25. The fraction of sp³-hybridized carbons (Fsp3) is 0.556. The van der Waals surface area contributed by atoms with Crippen molar-refractivity contribution >= 4 is 0 Å². The van der Waals surface area contributed by atoms with Crippen LogP contribution in [0.1, 0.15) is 19.3 Å². The first-order valence-electron chi connectivity index (χ1n) is 3.94. The summed E-state index contributed by atoms with van der Waals surface area (Å²) in [6, 6.07) is 0. The molecule has 0 amide bonds. The van der Waals surface area contributed by atoms with Crippen LogP contribution >= 0.6 is 0 Å². The van der Waals surface area contributed by atoms with Gasteiger partial charge >= 0.3 is 0 Å². The van der Waals surface area contributed by atoms with Crippen LogP contribution in [0.4, 0.5) is 8.78 Å². The van der Waals surface area contributed by atoms with Gasteiger partial charge in [0, 0.05) is 6.42 Å². The van der Waals surface area contributed by atoms with E-state index in [-0.39, 0.29) is 18.2 Å². The van der Waals surface area contributed by atoms with Crippen molar-refractivity contribution in [3.05, 3.63) is 24.1 Å². The van der Waals surface area contributed by atoms with Crippen LogP contribution in [-0.4, -0.2) is 5.67 Å². The van der Waals surface area contributed by atoms with Gasteiger partial charge in [0.05, 0.1) is 0 Å². The molecule has 0 saturated heterocycles. The average molecular weight is 156 g/mol. The second-order valence-electron chi connectivity index (χ2n) is 3.33. The van der Waals surface area contributed by atoms with E-state index in [4.69, 9.17) is 0 Å². The summed E-state index contributed by atoms with van der Waals surface area (Å²) in [4.78, 5) is 0. The van der Waals surface area contributed by atoms with Crippen molar-refractivity contribution in [3.8, 4) is 0 Å². The molecular formula is C9H10F2. The van der Waals surface area contributed by atoms with Gasteiger partial charge in [-0.25, -0.2) is 8.78 Å². The summed E-state index contributed by atoms with van der Waals surface area (Å²) in [6.07, 6.45) is 6.08. The Morgan fingerprint density at radius 1 is 1.45 bits per heavy atom. The van der Waals surface area contributed by atoms with Gasteiger partial charge in [-0.05, 0) is 37.0 Å². The highest BCUT2D eigenvalue weighted by atomic mass is 19.1. The fourth-order valence-electron chi connectivity index (χ4n) is 1.47. The molecule has 2 rings (SSSR count). The molecule has 1 atom stereocenters. The van der Waals surface area contributed by atoms with E-state index >= 15 is 0 Å². The van der Waals surface area contributed by atoms with Crippen molar-refractivity contribution in [2.45, 2.75) is 24.9 Å². The first kappa shape index (κ1) is 7.01. The van der Waals surface area contributed by atoms with Gasteiger partial charge < -0.3 is 0 Å². The van der Waals surface area contributed by atoms with E-state index in [1.807, 2.05) is 0 Å². The summed E-state index contributed by atoms with van der Waals surface area (Å²) in [5.74, 6) is -0.151. The van der Waals surface area contributed by atoms with Gasteiger partial charge in [-0.15, -0.1) is 0 Å². The zero-order valence-electron chi connectivity index (χ0n) is 6.19. The molecule has 11 heavy (non-hydrogen) atoms. The van der Waals surface area contributed by atoms with Crippen LogP contribution in [0.15, 0.2) is 24.1 Å². The first-order chi connectivity index (χ1) is 5.21. The standard InChI is InChI=1S/C9H10F2/c10-8-3-5-9(11,6-4-8)7-1-2-7/h3-5,7H,1-2,6H2. The van der Waals surface area contributed by atoms with Crippen LogP contribution in [0, 0.1) is 5.92 Å². The Hall–Kier alpha value is -0.660. The summed E-state index contributed by atoms with van der Waals surface area (Å²) < 4.78 is 26.1. The van der Waals surface area contributed by atoms with E-state index < -0.39 is 5.67 Å². The van der Waals surface area contributed by atoms with Crippen molar-refractivity contribution in [2.75, 3.05) is 0 Å². The molecule has 0 nitrogen and oxygen atoms in total. The second kappa shape index (κ2) is 2.16. The van der Waals surface area contributed by atoms with E-state index in [0.29, 0.717) is 0 Å². The lowest BCUT2D eigenvalue weighted by molar-refractivity contribution is 0.195. The highest BCUT2D eigenvalue weighted by Gasteiger charge is 2.43. The Kier molecular flexibility index (Phi) is 1.38. The maximum atomic E-state index is 13.6. The van der Waals surface area contributed by atoms with Crippen LogP contribution in [-0.2, 0) is 0 Å². The monoisotopic (exact) mass is 156 g/mol. The molecule has 0 N–H and O–H groups in total. The smallest absolute Gasteiger partial charge is 0.135 e. The van der Waals surface area contributed by atoms with Gasteiger partial charge in [-0.3, -0.25) is 0 Å². The van der Waals surface area contributed by atoms with Crippen molar-refractivity contribution in [3.63, 3.8) is 0 Å². The number of rotatable bonds is 1. The molecule has 1 fully saturated rings. The molecule has 2 aliphatic carbocycles. The molecule has 0 radical (unpaired) electrons. The lowest BCUT2D eigenvalue weighted by Crippen LogP contribution is -2.23. The summed E-state index contributed by atoms with van der Waals surface area (Å²) in [6.45, 7) is 0. The van der Waals surface area contributed by atoms with Crippen LogP contribution in [0.5, 0.6) is 0 Å². The predicted octanol–water partition coefficient (Wildman–Crippen LogP) is 2.92. The molecule has 2 heteroatoms. The Balaban J connectivity index is 2.13. The predicted molar refractivity (Wildman–Crippen MR) is 39.5 cm³/mol. The average Bonchev–Trinajstić information content (AvgIpc) is 2.77. The van der Waals surface area contributed by atoms with E-state index in [2.05, 4.69) is 0 Å². The molecule has 1 unspecified atom stereocenters. The molecule has 0 bridgehead atoms. The maximum absolute atomic E-state index is 13.6. The molecule has 60 valence electrons. The van der Waals surface area contributed by atoms with E-state index in [1.165, 1.54) is 18.2 Å². The van der Waals surface area contributed by atoms with Gasteiger partial charge in [0.2, 0.25) is 0 Å². The van der Waals surface area contributed by atoms with Crippen LogP contribution < -0.4 is 0 Å². The topological polar surface area (TPSA) is 0 Å². The summed E-state index contributed by atoms with van der Waals surface area (Å²) in [5, 5.41) is 0. The Labute approximate surface area is 64.6 Å². The SMILES string of the molecule is FC1=CCC(F)(C2CC2)C=C1. The third-order valence-electron chi connectivity index (χ3n) is 2.39. The van der Waals surface area contributed by atoms with Gasteiger partial charge in [-0.2, -0.15) is 0 Å². The summed E-state index contributed by atoms with van der Waals surface area (Å²) in [7, 11) is 0. The minimum absolute atomic E-state index is 0.156. The normalized spacial score (nSPS) is 37.1. The molecule has 0 spiro atoms. The maximum Gasteiger partial charge on any atom is 0.135 e. The van der Waals surface area contributed by atoms with Crippen molar-refractivity contribution in [1.82, 2.24) is 0 Å². The third kappa shape index (κ3) is 1.22. The number of allylic oxidation sites excluding steroid dienone is 4. The van der Waals surface area contributed by atoms with Crippen LogP contribution in [0.3, 0.4) is 0 Å². The minimum atomic E-state index is -1.23. The van der Waals surface area contributed by atoms with Gasteiger partial charge in [0.25, 0.3) is 0 Å². The second-order valence-corrected chi connectivity index (χ2v) is 3.33. The number of alkyl halides is 1. The third-order valence-corrected chi connectivity index (χ3v) is 2.39. The van der Waals surface area contributed by atoms with Crippen LogP contribution in [0.25, 0.3) is 0 Å². The molecule has 0 aliphatic heterocycles. The van der Waals surface area contributed by atoms with Gasteiger partial charge in [-0.1, -0.05) is 0 Å². The molecule has 0 heterocycles. The first-order valence-corrected chi connectivity index (χ1v) is 3.94. The zero-order valence-corrected chi connectivity index (χ0v) is 6.19. The lowest BCUT2D eigenvalue weighted by Gasteiger charge is -2.21. The summed E-state index contributed by atoms with van der Waals surface area (Å²) >= 11 is 0. The largest absolute Gasteiger partial charge is 0.239 e. The molecular weight excluding hydrogens is 146 g/mol. The highest BCUT2D eigenvalue weighted by Crippen LogP contribution is 2.46. The molecule has 2 aliphatic rings. The molecule has 0 aromatic heterocycles. The van der Waals surface area contributed by atoms with E-state index in [1.54, 1.807) is 0 Å². The number of hydrogen-bond acceptors (Lipinski definition) is 0. The Morgan fingerprint density at radius 2 is 2.18 bits per heavy atom. The number of halogens is 2. The van der Waals surface area contributed by atoms with Crippen LogP contribution in [0.2, 0.25) is 0 Å². The van der Waals surface area contributed by atoms with Crippen molar-refractivity contribution in [1.29, 1.82) is 0 Å². The van der Waals surface area contributed by atoms with Gasteiger partial charge in [0.1, 0.15) is 11.5 Å². The quantitative estimate of drug-likeness (QED) is 0.547. The molecule has 0 aromatic carbocycles. The Morgan fingerprint density at radius 3 is 2.64 bits per heavy atom. The van der Waals surface area contributed by atoms with E-state index in [0.717, 1.165) is 12.8 Å². The summed E-state index contributed by atoms with van der Waals surface area (Å²) in [5.41, 5.74) is -1.23. The van der Waals surface area contributed by atoms with Gasteiger partial charge in [0.15, 0.2) is 0 Å². The van der Waals surface area contributed by atoms with E-state index in [9.17, 15) is 8.78 Å². The lowest BCUT2D eigenvalue weighted by atomic mass is 9.92. The fourth-order valence-corrected chi connectivity index (χ4v) is 1.47. The minimum Gasteiger partial charge on any atom is -0.239 e. The van der Waals surface area contributed by atoms with Crippen molar-refractivity contribution in [2.24, 2.45) is 5.92 Å². The Bertz CT molecular complexity index is 226. The zero-order chi connectivity index (χ0) is 7.90. The molecule has 1 saturated carbocycles.